The molecule has 0 radical (unpaired) electrons. The largest absolute Gasteiger partial charge is 0.435 e. The third-order valence-corrected chi connectivity index (χ3v) is 4.50. The lowest BCUT2D eigenvalue weighted by Crippen LogP contribution is -2.37. The summed E-state index contributed by atoms with van der Waals surface area (Å²) in [6.07, 6.45) is 4.51. The first-order chi connectivity index (χ1) is 11.1. The van der Waals surface area contributed by atoms with Crippen molar-refractivity contribution in [2.24, 2.45) is 7.05 Å². The van der Waals surface area contributed by atoms with Crippen molar-refractivity contribution < 1.29 is 13.9 Å². The van der Waals surface area contributed by atoms with E-state index in [2.05, 4.69) is 15.4 Å². The lowest BCUT2D eigenvalue weighted by Gasteiger charge is -2.19. The molecule has 1 aliphatic heterocycles. The van der Waals surface area contributed by atoms with Gasteiger partial charge >= 0.3 is 0 Å². The number of ether oxygens (including phenoxy) is 1. The third kappa shape index (κ3) is 2.65. The van der Waals surface area contributed by atoms with Crippen molar-refractivity contribution in [3.63, 3.8) is 0 Å². The average Bonchev–Trinajstić information content (AvgIpc) is 2.93. The molecular formula is C16H20N4O3. The van der Waals surface area contributed by atoms with E-state index in [0.717, 1.165) is 25.0 Å². The molecule has 2 aromatic heterocycles. The van der Waals surface area contributed by atoms with Crippen LogP contribution < -0.4 is 5.32 Å². The Morgan fingerprint density at radius 2 is 2.22 bits per heavy atom. The zero-order chi connectivity index (χ0) is 16.0. The molecule has 2 atom stereocenters. The van der Waals surface area contributed by atoms with Crippen LogP contribution in [0.4, 0.5) is 0 Å². The number of hydrogen-bond acceptors (Lipinski definition) is 5. The first-order valence-electron chi connectivity index (χ1n) is 8.01. The fraction of sp³-hybridized carbons (Fsp3) is 0.562. The molecule has 1 N–H and O–H groups in total. The summed E-state index contributed by atoms with van der Waals surface area (Å²) in [5.41, 5.74) is 1.61. The van der Waals surface area contributed by atoms with Crippen molar-refractivity contribution in [2.45, 2.75) is 44.2 Å². The van der Waals surface area contributed by atoms with Gasteiger partial charge in [-0.3, -0.25) is 9.48 Å². The van der Waals surface area contributed by atoms with Crippen molar-refractivity contribution in [3.05, 3.63) is 35.3 Å². The normalized spacial score (nSPS) is 24.1. The molecule has 0 spiro atoms. The Balaban J connectivity index is 1.50. The van der Waals surface area contributed by atoms with Crippen molar-refractivity contribution in [1.82, 2.24) is 20.1 Å². The van der Waals surface area contributed by atoms with E-state index in [4.69, 9.17) is 9.15 Å². The maximum absolute atomic E-state index is 12.6. The van der Waals surface area contributed by atoms with E-state index in [9.17, 15) is 4.79 Å². The summed E-state index contributed by atoms with van der Waals surface area (Å²) in [6, 6.07) is 1.83. The topological polar surface area (TPSA) is 82.2 Å². The predicted molar refractivity (Wildman–Crippen MR) is 81.0 cm³/mol. The second-order valence-corrected chi connectivity index (χ2v) is 6.28. The fourth-order valence-corrected chi connectivity index (χ4v) is 3.06. The molecule has 4 rings (SSSR count). The fourth-order valence-electron chi connectivity index (χ4n) is 3.06. The Kier molecular flexibility index (Phi) is 3.45. The van der Waals surface area contributed by atoms with Crippen LogP contribution >= 0.6 is 0 Å². The Morgan fingerprint density at radius 3 is 2.91 bits per heavy atom. The van der Waals surface area contributed by atoms with Gasteiger partial charge in [-0.1, -0.05) is 0 Å². The number of nitrogens with zero attached hydrogens (tertiary/aromatic N) is 3. The standard InChI is InChI=1S/C16H20N4O3/c1-9-13(23-16(18-9)10-3-4-10)15(21)19-11-6-8-22-14(11)12-5-7-17-20(12)2/h5,7,10-11,14H,3-4,6,8H2,1-2H3,(H,19,21)/t11-,14-/m0/s1. The molecule has 3 heterocycles. The van der Waals surface area contributed by atoms with Gasteiger partial charge in [0.15, 0.2) is 5.89 Å². The maximum Gasteiger partial charge on any atom is 0.289 e. The highest BCUT2D eigenvalue weighted by molar-refractivity contribution is 5.92. The van der Waals surface area contributed by atoms with E-state index in [1.807, 2.05) is 20.0 Å². The summed E-state index contributed by atoms with van der Waals surface area (Å²) < 4.78 is 13.2. The summed E-state index contributed by atoms with van der Waals surface area (Å²) in [4.78, 5) is 16.9. The number of carbonyl (C=O) groups is 1. The van der Waals surface area contributed by atoms with Crippen LogP contribution in [0, 0.1) is 6.92 Å². The van der Waals surface area contributed by atoms with Crippen LogP contribution in [0.3, 0.4) is 0 Å². The van der Waals surface area contributed by atoms with Gasteiger partial charge in [-0.2, -0.15) is 5.10 Å². The molecule has 2 aromatic rings. The molecule has 1 saturated carbocycles. The van der Waals surface area contributed by atoms with Crippen molar-refractivity contribution in [2.75, 3.05) is 6.61 Å². The number of amides is 1. The van der Waals surface area contributed by atoms with Gasteiger partial charge in [0.1, 0.15) is 6.10 Å². The molecule has 0 aromatic carbocycles. The SMILES string of the molecule is Cc1nc(C2CC2)oc1C(=O)N[C@H]1CCO[C@@H]1c1ccnn1C. The van der Waals surface area contributed by atoms with Crippen LogP contribution in [-0.4, -0.2) is 33.3 Å². The average molecular weight is 316 g/mol. The van der Waals surface area contributed by atoms with Gasteiger partial charge in [-0.05, 0) is 32.3 Å². The summed E-state index contributed by atoms with van der Waals surface area (Å²) in [5, 5.41) is 7.21. The summed E-state index contributed by atoms with van der Waals surface area (Å²) in [7, 11) is 1.87. The van der Waals surface area contributed by atoms with E-state index in [0.29, 0.717) is 29.9 Å². The first kappa shape index (κ1) is 14.4. The van der Waals surface area contributed by atoms with Crippen molar-refractivity contribution in [1.29, 1.82) is 0 Å². The maximum atomic E-state index is 12.6. The molecule has 2 aliphatic rings. The van der Waals surface area contributed by atoms with Crippen LogP contribution in [0.2, 0.25) is 0 Å². The lowest BCUT2D eigenvalue weighted by molar-refractivity contribution is 0.0773. The number of aryl methyl sites for hydroxylation is 2. The van der Waals surface area contributed by atoms with Gasteiger partial charge < -0.3 is 14.5 Å². The Morgan fingerprint density at radius 1 is 1.39 bits per heavy atom. The van der Waals surface area contributed by atoms with E-state index in [1.54, 1.807) is 10.9 Å². The molecule has 2 fully saturated rings. The predicted octanol–water partition coefficient (Wildman–Crippen LogP) is 1.85. The van der Waals surface area contributed by atoms with E-state index in [1.165, 1.54) is 0 Å². The van der Waals surface area contributed by atoms with Crippen LogP contribution in [-0.2, 0) is 11.8 Å². The van der Waals surface area contributed by atoms with Gasteiger partial charge in [-0.25, -0.2) is 4.98 Å². The minimum absolute atomic E-state index is 0.0909. The number of aromatic nitrogens is 3. The molecule has 0 unspecified atom stereocenters. The number of rotatable bonds is 4. The van der Waals surface area contributed by atoms with Crippen LogP contribution in [0.15, 0.2) is 16.7 Å². The molecule has 1 saturated heterocycles. The highest BCUT2D eigenvalue weighted by Crippen LogP contribution is 2.40. The zero-order valence-corrected chi connectivity index (χ0v) is 13.3. The van der Waals surface area contributed by atoms with E-state index in [-0.39, 0.29) is 18.1 Å². The molecular weight excluding hydrogens is 296 g/mol. The highest BCUT2D eigenvalue weighted by atomic mass is 16.5. The second-order valence-electron chi connectivity index (χ2n) is 6.28. The number of hydrogen-bond donors (Lipinski definition) is 1. The molecule has 1 aliphatic carbocycles. The Hall–Kier alpha value is -2.15. The van der Waals surface area contributed by atoms with E-state index < -0.39 is 0 Å². The van der Waals surface area contributed by atoms with Gasteiger partial charge in [0.2, 0.25) is 5.76 Å². The molecule has 1 amide bonds. The van der Waals surface area contributed by atoms with Crippen LogP contribution in [0.5, 0.6) is 0 Å². The van der Waals surface area contributed by atoms with Crippen molar-refractivity contribution in [3.8, 4) is 0 Å². The molecule has 23 heavy (non-hydrogen) atoms. The Bertz CT molecular complexity index is 732. The smallest absolute Gasteiger partial charge is 0.289 e. The lowest BCUT2D eigenvalue weighted by atomic mass is 10.1. The minimum Gasteiger partial charge on any atom is -0.435 e. The van der Waals surface area contributed by atoms with Gasteiger partial charge in [0.05, 0.1) is 17.4 Å². The van der Waals surface area contributed by atoms with Crippen LogP contribution in [0.1, 0.15) is 59.1 Å². The van der Waals surface area contributed by atoms with Crippen LogP contribution in [0.25, 0.3) is 0 Å². The van der Waals surface area contributed by atoms with Gasteiger partial charge in [0, 0.05) is 25.8 Å². The van der Waals surface area contributed by atoms with E-state index >= 15 is 0 Å². The summed E-state index contributed by atoms with van der Waals surface area (Å²) in [5.74, 6) is 1.19. The molecule has 122 valence electrons. The second kappa shape index (κ2) is 5.49. The quantitative estimate of drug-likeness (QED) is 0.931. The zero-order valence-electron chi connectivity index (χ0n) is 13.3. The molecule has 7 heteroatoms. The number of nitrogens with one attached hydrogen (secondary N) is 1. The summed E-state index contributed by atoms with van der Waals surface area (Å²) >= 11 is 0. The first-order valence-corrected chi connectivity index (χ1v) is 8.01. The molecule has 0 bridgehead atoms. The Labute approximate surface area is 134 Å². The van der Waals surface area contributed by atoms with Crippen molar-refractivity contribution >= 4 is 5.91 Å². The minimum atomic E-state index is -0.218. The summed E-state index contributed by atoms with van der Waals surface area (Å²) in [6.45, 7) is 2.43. The van der Waals surface area contributed by atoms with Gasteiger partial charge in [0.25, 0.3) is 5.91 Å². The number of carbonyl (C=O) groups excluding carboxylic acids is 1. The highest BCUT2D eigenvalue weighted by Gasteiger charge is 2.35. The third-order valence-electron chi connectivity index (χ3n) is 4.50. The monoisotopic (exact) mass is 316 g/mol. The van der Waals surface area contributed by atoms with Gasteiger partial charge in [-0.15, -0.1) is 0 Å². The number of oxazole rings is 1. The molecule has 7 nitrogen and oxygen atoms in total.